The van der Waals surface area contributed by atoms with E-state index < -0.39 is 10.0 Å². The average Bonchev–Trinajstić information content (AvgIpc) is 2.60. The van der Waals surface area contributed by atoms with Gasteiger partial charge in [-0.1, -0.05) is 18.2 Å². The van der Waals surface area contributed by atoms with Crippen LogP contribution in [-0.2, 0) is 16.4 Å². The fraction of sp³-hybridized carbons (Fsp3) is 0.368. The van der Waals surface area contributed by atoms with Gasteiger partial charge in [-0.2, -0.15) is 0 Å². The Morgan fingerprint density at radius 1 is 1.08 bits per heavy atom. The standard InChI is InChI=1S/C19H21NO4S/c1-13-5-2-3-8-19(13)25(21,22)20-16-7-4-6-14-11-17-18(12-15(14)16)24-10-9-23-17/h2-3,5,8,11-12,16,20H,4,6-7,9-10H2,1H3. The zero-order chi connectivity index (χ0) is 17.4. The molecule has 1 aliphatic carbocycles. The van der Waals surface area contributed by atoms with Crippen molar-refractivity contribution in [1.82, 2.24) is 4.72 Å². The number of hydrogen-bond donors (Lipinski definition) is 1. The molecule has 1 aliphatic heterocycles. The Morgan fingerprint density at radius 2 is 1.80 bits per heavy atom. The highest BCUT2D eigenvalue weighted by Gasteiger charge is 2.28. The van der Waals surface area contributed by atoms with Gasteiger partial charge in [0.15, 0.2) is 11.5 Å². The van der Waals surface area contributed by atoms with Gasteiger partial charge in [0.1, 0.15) is 13.2 Å². The maximum Gasteiger partial charge on any atom is 0.241 e. The van der Waals surface area contributed by atoms with Gasteiger partial charge in [0, 0.05) is 6.04 Å². The number of ether oxygens (including phenoxy) is 2. The van der Waals surface area contributed by atoms with E-state index in [0.717, 1.165) is 41.7 Å². The predicted octanol–water partition coefficient (Wildman–Crippen LogP) is 3.12. The predicted molar refractivity (Wildman–Crippen MR) is 94.6 cm³/mol. The van der Waals surface area contributed by atoms with E-state index >= 15 is 0 Å². The molecule has 5 nitrogen and oxygen atoms in total. The van der Waals surface area contributed by atoms with Crippen LogP contribution in [0.25, 0.3) is 0 Å². The lowest BCUT2D eigenvalue weighted by atomic mass is 9.88. The normalized spacial score (nSPS) is 19.3. The maximum atomic E-state index is 12.9. The lowest BCUT2D eigenvalue weighted by Gasteiger charge is -2.29. The summed E-state index contributed by atoms with van der Waals surface area (Å²) in [6.07, 6.45) is 2.64. The van der Waals surface area contributed by atoms with Crippen LogP contribution in [-0.4, -0.2) is 21.6 Å². The molecule has 0 radical (unpaired) electrons. The second kappa shape index (κ2) is 6.35. The van der Waals surface area contributed by atoms with E-state index in [9.17, 15) is 8.42 Å². The first kappa shape index (κ1) is 16.4. The molecule has 2 aromatic rings. The molecule has 6 heteroatoms. The third-order valence-corrected chi connectivity index (χ3v) is 6.43. The first-order chi connectivity index (χ1) is 12.0. The molecule has 0 amide bonds. The summed E-state index contributed by atoms with van der Waals surface area (Å²) in [6, 6.07) is 10.7. The van der Waals surface area contributed by atoms with E-state index in [1.807, 2.05) is 31.2 Å². The monoisotopic (exact) mass is 359 g/mol. The van der Waals surface area contributed by atoms with Gasteiger partial charge >= 0.3 is 0 Å². The van der Waals surface area contributed by atoms with Crippen LogP contribution in [0, 0.1) is 6.92 Å². The van der Waals surface area contributed by atoms with Crippen LogP contribution in [0.15, 0.2) is 41.3 Å². The van der Waals surface area contributed by atoms with Gasteiger partial charge in [-0.25, -0.2) is 13.1 Å². The van der Waals surface area contributed by atoms with Crippen molar-refractivity contribution >= 4 is 10.0 Å². The molecule has 25 heavy (non-hydrogen) atoms. The second-order valence-electron chi connectivity index (χ2n) is 6.53. The number of sulfonamides is 1. The van der Waals surface area contributed by atoms with Crippen molar-refractivity contribution in [3.8, 4) is 11.5 Å². The van der Waals surface area contributed by atoms with E-state index in [1.54, 1.807) is 12.1 Å². The molecule has 0 fully saturated rings. The fourth-order valence-corrected chi connectivity index (χ4v) is 5.07. The van der Waals surface area contributed by atoms with Crippen molar-refractivity contribution < 1.29 is 17.9 Å². The molecule has 4 rings (SSSR count). The minimum Gasteiger partial charge on any atom is -0.486 e. The molecular weight excluding hydrogens is 338 g/mol. The lowest BCUT2D eigenvalue weighted by molar-refractivity contribution is 0.171. The number of hydrogen-bond acceptors (Lipinski definition) is 4. The molecule has 2 aliphatic rings. The summed E-state index contributed by atoms with van der Waals surface area (Å²) in [5, 5.41) is 0. The molecule has 1 heterocycles. The number of benzene rings is 2. The molecule has 0 saturated heterocycles. The van der Waals surface area contributed by atoms with Gasteiger partial charge in [-0.3, -0.25) is 0 Å². The Morgan fingerprint density at radius 3 is 2.56 bits per heavy atom. The molecule has 2 aromatic carbocycles. The number of aryl methyl sites for hydroxylation is 2. The first-order valence-corrected chi connectivity index (χ1v) is 10.0. The first-order valence-electron chi connectivity index (χ1n) is 8.55. The minimum atomic E-state index is -3.58. The quantitative estimate of drug-likeness (QED) is 0.914. The van der Waals surface area contributed by atoms with Crippen LogP contribution < -0.4 is 14.2 Å². The maximum absolute atomic E-state index is 12.9. The van der Waals surface area contributed by atoms with Crippen LogP contribution in [0.3, 0.4) is 0 Å². The largest absolute Gasteiger partial charge is 0.486 e. The van der Waals surface area contributed by atoms with Crippen LogP contribution in [0.5, 0.6) is 11.5 Å². The molecule has 1 N–H and O–H groups in total. The van der Waals surface area contributed by atoms with Gasteiger partial charge in [0.05, 0.1) is 4.90 Å². The third kappa shape index (κ3) is 3.12. The van der Waals surface area contributed by atoms with Crippen LogP contribution in [0.2, 0.25) is 0 Å². The molecule has 132 valence electrons. The summed E-state index contributed by atoms with van der Waals surface area (Å²) in [5.41, 5.74) is 2.87. The molecule has 0 bridgehead atoms. The highest BCUT2D eigenvalue weighted by Crippen LogP contribution is 2.40. The second-order valence-corrected chi connectivity index (χ2v) is 8.21. The Bertz CT molecular complexity index is 908. The Kier molecular flexibility index (Phi) is 4.17. The van der Waals surface area contributed by atoms with E-state index in [4.69, 9.17) is 9.47 Å². The minimum absolute atomic E-state index is 0.246. The Balaban J connectivity index is 1.68. The van der Waals surface area contributed by atoms with Gasteiger partial charge in [-0.05, 0) is 61.1 Å². The topological polar surface area (TPSA) is 64.6 Å². The van der Waals surface area contributed by atoms with Gasteiger partial charge in [0.25, 0.3) is 0 Å². The molecule has 0 saturated carbocycles. The van der Waals surface area contributed by atoms with Gasteiger partial charge in [-0.15, -0.1) is 0 Å². The summed E-state index contributed by atoms with van der Waals surface area (Å²) >= 11 is 0. The van der Waals surface area contributed by atoms with E-state index in [-0.39, 0.29) is 6.04 Å². The van der Waals surface area contributed by atoms with Crippen molar-refractivity contribution in [2.24, 2.45) is 0 Å². The number of nitrogens with one attached hydrogen (secondary N) is 1. The lowest BCUT2D eigenvalue weighted by Crippen LogP contribution is -2.31. The fourth-order valence-electron chi connectivity index (χ4n) is 3.57. The zero-order valence-electron chi connectivity index (χ0n) is 14.1. The van der Waals surface area contributed by atoms with E-state index in [0.29, 0.717) is 23.9 Å². The van der Waals surface area contributed by atoms with Crippen molar-refractivity contribution in [1.29, 1.82) is 0 Å². The summed E-state index contributed by atoms with van der Waals surface area (Å²) in [5.74, 6) is 1.46. The Hall–Kier alpha value is -2.05. The molecule has 0 spiro atoms. The summed E-state index contributed by atoms with van der Waals surface area (Å²) in [4.78, 5) is 0.333. The molecule has 1 atom stereocenters. The smallest absolute Gasteiger partial charge is 0.241 e. The molecule has 0 aromatic heterocycles. The van der Waals surface area contributed by atoms with Crippen LogP contribution >= 0.6 is 0 Å². The molecular formula is C19H21NO4S. The number of fused-ring (bicyclic) bond motifs is 2. The highest BCUT2D eigenvalue weighted by atomic mass is 32.2. The van der Waals surface area contributed by atoms with Crippen molar-refractivity contribution in [3.05, 3.63) is 53.1 Å². The average molecular weight is 359 g/mol. The van der Waals surface area contributed by atoms with Gasteiger partial charge in [0.2, 0.25) is 10.0 Å². The summed E-state index contributed by atoms with van der Waals surface area (Å²) in [6.45, 7) is 2.88. The number of rotatable bonds is 3. The molecule has 1 unspecified atom stereocenters. The van der Waals surface area contributed by atoms with Gasteiger partial charge < -0.3 is 9.47 Å². The Labute approximate surface area is 148 Å². The van der Waals surface area contributed by atoms with Crippen LogP contribution in [0.4, 0.5) is 0 Å². The van der Waals surface area contributed by atoms with Crippen molar-refractivity contribution in [2.45, 2.75) is 37.1 Å². The SMILES string of the molecule is Cc1ccccc1S(=O)(=O)NC1CCCc2cc3c(cc21)OCCO3. The highest BCUT2D eigenvalue weighted by molar-refractivity contribution is 7.89. The van der Waals surface area contributed by atoms with E-state index in [2.05, 4.69) is 4.72 Å². The van der Waals surface area contributed by atoms with Crippen molar-refractivity contribution in [2.75, 3.05) is 13.2 Å². The zero-order valence-corrected chi connectivity index (χ0v) is 14.9. The van der Waals surface area contributed by atoms with Crippen molar-refractivity contribution in [3.63, 3.8) is 0 Å². The van der Waals surface area contributed by atoms with E-state index in [1.165, 1.54) is 0 Å². The third-order valence-electron chi connectivity index (χ3n) is 4.80. The van der Waals surface area contributed by atoms with Crippen LogP contribution in [0.1, 0.15) is 35.6 Å². The summed E-state index contributed by atoms with van der Waals surface area (Å²) < 4.78 is 39.9. The summed E-state index contributed by atoms with van der Waals surface area (Å²) in [7, 11) is -3.58.